The van der Waals surface area contributed by atoms with Crippen molar-refractivity contribution in [3.8, 4) is 0 Å². The van der Waals surface area contributed by atoms with E-state index in [4.69, 9.17) is 9.22 Å². The Morgan fingerprint density at radius 1 is 1.44 bits per heavy atom. The molecule has 98 valence electrons. The Labute approximate surface area is 112 Å². The van der Waals surface area contributed by atoms with Gasteiger partial charge in [0.15, 0.2) is 0 Å². The van der Waals surface area contributed by atoms with E-state index in [2.05, 4.69) is 0 Å². The predicted molar refractivity (Wildman–Crippen MR) is 69.5 cm³/mol. The van der Waals surface area contributed by atoms with Gasteiger partial charge in [0.1, 0.15) is 0 Å². The lowest BCUT2D eigenvalue weighted by Crippen LogP contribution is -2.15. The van der Waals surface area contributed by atoms with E-state index >= 15 is 0 Å². The zero-order valence-electron chi connectivity index (χ0n) is 13.2. The van der Waals surface area contributed by atoms with E-state index < -0.39 is 18.7 Å². The largest absolute Gasteiger partial charge is 0.481 e. The van der Waals surface area contributed by atoms with Crippen molar-refractivity contribution in [2.75, 3.05) is 0 Å². The fourth-order valence-electron chi connectivity index (χ4n) is 2.55. The van der Waals surface area contributed by atoms with Crippen molar-refractivity contribution in [3.63, 3.8) is 0 Å². The highest BCUT2D eigenvalue weighted by molar-refractivity contribution is 5.75. The van der Waals surface area contributed by atoms with Gasteiger partial charge in [-0.25, -0.2) is 0 Å². The second kappa shape index (κ2) is 5.53. The lowest BCUT2D eigenvalue weighted by Gasteiger charge is -2.15. The van der Waals surface area contributed by atoms with Crippen LogP contribution in [0.2, 0.25) is 0 Å². The molecular weight excluding hydrogens is 229 g/mol. The van der Waals surface area contributed by atoms with E-state index in [1.807, 2.05) is 0 Å². The number of carboxylic acids is 1. The first-order valence-corrected chi connectivity index (χ1v) is 6.28. The second-order valence-corrected chi connectivity index (χ2v) is 4.98. The van der Waals surface area contributed by atoms with Crippen LogP contribution in [0.25, 0.3) is 0 Å². The molecule has 1 aliphatic rings. The topological polar surface area (TPSA) is 57.5 Å². The van der Waals surface area contributed by atoms with Crippen molar-refractivity contribution in [2.45, 2.75) is 44.6 Å². The lowest BCUT2D eigenvalue weighted by molar-refractivity contribution is -0.138. The van der Waals surface area contributed by atoms with Crippen molar-refractivity contribution in [2.24, 2.45) is 5.92 Å². The number of hydrogen-bond donors (Lipinski definition) is 2. The molecule has 0 radical (unpaired) electrons. The standard InChI is InChI=1S/C15H20O3/c1-10(15(17)18)12-7-5-11(6-8-12)9-13-3-2-4-14(13)16/h5-8,10,13-14,16H,2-4,9H2,1H3,(H,17,18)/t10?,13-,14+/m1/s1/i1+1D3. The normalized spacial score (nSPS) is 28.2. The molecular formula is C15H20O3. The van der Waals surface area contributed by atoms with Gasteiger partial charge in [-0.15, -0.1) is 0 Å². The smallest absolute Gasteiger partial charge is 0.310 e. The highest BCUT2D eigenvalue weighted by atomic mass is 16.4. The van der Waals surface area contributed by atoms with Crippen LogP contribution in [0.4, 0.5) is 0 Å². The molecule has 1 fully saturated rings. The van der Waals surface area contributed by atoms with Crippen LogP contribution in [0.15, 0.2) is 24.3 Å². The number of carboxylic acid groups (broad SMARTS) is 1. The minimum atomic E-state index is -2.56. The summed E-state index contributed by atoms with van der Waals surface area (Å²) in [6.07, 6.45) is 3.34. The monoisotopic (exact) mass is 252 g/mol. The quantitative estimate of drug-likeness (QED) is 0.810. The van der Waals surface area contributed by atoms with Crippen LogP contribution in [-0.4, -0.2) is 22.3 Å². The van der Waals surface area contributed by atoms with E-state index in [-0.39, 0.29) is 12.0 Å². The zero-order valence-corrected chi connectivity index (χ0v) is 10.2. The Morgan fingerprint density at radius 2 is 2.17 bits per heavy atom. The molecule has 3 nitrogen and oxygen atoms in total. The Kier molecular flexibility index (Phi) is 2.94. The third-order valence-electron chi connectivity index (χ3n) is 3.68. The Bertz CT molecular complexity index is 496. The van der Waals surface area contributed by atoms with Crippen LogP contribution in [0.3, 0.4) is 0 Å². The molecule has 1 aliphatic carbocycles. The van der Waals surface area contributed by atoms with Gasteiger partial charge in [0.2, 0.25) is 0 Å². The van der Waals surface area contributed by atoms with Crippen molar-refractivity contribution in [1.82, 2.24) is 0 Å². The van der Waals surface area contributed by atoms with E-state index in [0.29, 0.717) is 5.56 Å². The molecule has 1 saturated carbocycles. The summed E-state index contributed by atoms with van der Waals surface area (Å²) in [5, 5.41) is 18.9. The summed E-state index contributed by atoms with van der Waals surface area (Å²) in [5.74, 6) is -2.59. The van der Waals surface area contributed by atoms with Crippen molar-refractivity contribution in [1.29, 1.82) is 0 Å². The summed E-state index contributed by atoms with van der Waals surface area (Å²) < 4.78 is 22.0. The number of hydrogen-bond acceptors (Lipinski definition) is 2. The number of carbonyl (C=O) groups is 1. The average molecular weight is 252 g/mol. The first-order valence-electron chi connectivity index (χ1n) is 7.78. The molecule has 0 heterocycles. The van der Waals surface area contributed by atoms with E-state index in [1.54, 1.807) is 24.3 Å². The van der Waals surface area contributed by atoms with Gasteiger partial charge < -0.3 is 10.2 Å². The highest BCUT2D eigenvalue weighted by Crippen LogP contribution is 2.29. The zero-order chi connectivity index (χ0) is 15.6. The molecule has 2 N–H and O–H groups in total. The fraction of sp³-hybridized carbons (Fsp3) is 0.533. The van der Waals surface area contributed by atoms with E-state index in [0.717, 1.165) is 31.2 Å². The van der Waals surface area contributed by atoms with Crippen LogP contribution in [0.5, 0.6) is 0 Å². The third kappa shape index (κ3) is 2.91. The van der Waals surface area contributed by atoms with E-state index in [9.17, 15) is 9.90 Å². The predicted octanol–water partition coefficient (Wildman–Crippen LogP) is 2.58. The first kappa shape index (κ1) is 9.56. The minimum Gasteiger partial charge on any atom is -0.481 e. The molecule has 0 aliphatic heterocycles. The van der Waals surface area contributed by atoms with Gasteiger partial charge in [0.05, 0.1) is 12.0 Å². The number of benzene rings is 1. The SMILES string of the molecule is [2H][13C]([2H])([2H])C(C(=O)O)c1ccc(C[C@H]2CCC[C@@H]2O)cc1. The highest BCUT2D eigenvalue weighted by Gasteiger charge is 2.25. The molecule has 1 unspecified atom stereocenters. The van der Waals surface area contributed by atoms with Gasteiger partial charge >= 0.3 is 5.97 Å². The maximum absolute atomic E-state index is 11.2. The molecule has 0 aromatic heterocycles. The Balaban J connectivity index is 2.12. The maximum atomic E-state index is 11.2. The van der Waals surface area contributed by atoms with Crippen molar-refractivity contribution >= 4 is 5.97 Å². The Hall–Kier alpha value is -1.35. The second-order valence-electron chi connectivity index (χ2n) is 4.98. The first-order chi connectivity index (χ1) is 9.79. The molecule has 2 rings (SSSR count). The van der Waals surface area contributed by atoms with Crippen molar-refractivity contribution in [3.05, 3.63) is 35.4 Å². The summed E-state index contributed by atoms with van der Waals surface area (Å²) >= 11 is 0. The maximum Gasteiger partial charge on any atom is 0.310 e. The molecule has 3 heteroatoms. The Morgan fingerprint density at radius 3 is 2.67 bits per heavy atom. The van der Waals surface area contributed by atoms with Gasteiger partial charge in [0, 0.05) is 4.11 Å². The molecule has 0 spiro atoms. The fourth-order valence-corrected chi connectivity index (χ4v) is 2.55. The van der Waals surface area contributed by atoms with Gasteiger partial charge in [-0.3, -0.25) is 4.79 Å². The molecule has 0 amide bonds. The number of aliphatic carboxylic acids is 1. The van der Waals surface area contributed by atoms with Crippen LogP contribution in [0, 0.1) is 5.92 Å². The van der Waals surface area contributed by atoms with Crippen LogP contribution in [0.1, 0.15) is 47.3 Å². The van der Waals surface area contributed by atoms with Crippen LogP contribution >= 0.6 is 0 Å². The molecule has 3 atom stereocenters. The molecule has 0 bridgehead atoms. The summed E-state index contributed by atoms with van der Waals surface area (Å²) in [6.45, 7) is -2.56. The summed E-state index contributed by atoms with van der Waals surface area (Å²) in [6, 6.07) is 6.67. The summed E-state index contributed by atoms with van der Waals surface area (Å²) in [7, 11) is 0. The van der Waals surface area contributed by atoms with E-state index in [1.165, 1.54) is 0 Å². The molecule has 0 saturated heterocycles. The molecule has 1 aromatic rings. The number of aliphatic hydroxyl groups excluding tert-OH is 1. The van der Waals surface area contributed by atoms with Gasteiger partial charge in [0.25, 0.3) is 0 Å². The minimum absolute atomic E-state index is 0.244. The number of rotatable bonds is 4. The van der Waals surface area contributed by atoms with Crippen LogP contribution < -0.4 is 0 Å². The average Bonchev–Trinajstić information content (AvgIpc) is 2.75. The van der Waals surface area contributed by atoms with Gasteiger partial charge in [-0.1, -0.05) is 30.7 Å². The third-order valence-corrected chi connectivity index (χ3v) is 3.68. The van der Waals surface area contributed by atoms with Gasteiger partial charge in [-0.2, -0.15) is 0 Å². The lowest BCUT2D eigenvalue weighted by atomic mass is 9.94. The summed E-state index contributed by atoms with van der Waals surface area (Å²) in [5.41, 5.74) is 1.29. The van der Waals surface area contributed by atoms with Crippen LogP contribution in [-0.2, 0) is 11.2 Å². The van der Waals surface area contributed by atoms with Gasteiger partial charge in [-0.05, 0) is 43.2 Å². The number of aliphatic hydroxyl groups is 1. The summed E-state index contributed by atoms with van der Waals surface area (Å²) in [4.78, 5) is 11.2. The van der Waals surface area contributed by atoms with Crippen molar-refractivity contribution < 1.29 is 19.1 Å². The molecule has 18 heavy (non-hydrogen) atoms. The molecule has 1 aromatic carbocycles.